The van der Waals surface area contributed by atoms with Gasteiger partial charge in [0, 0.05) is 18.0 Å². The molecule has 3 unspecified atom stereocenters. The van der Waals surface area contributed by atoms with Crippen LogP contribution in [0.1, 0.15) is 34.3 Å². The van der Waals surface area contributed by atoms with Crippen molar-refractivity contribution in [2.45, 2.75) is 30.9 Å². The van der Waals surface area contributed by atoms with Crippen LogP contribution in [0.15, 0.2) is 42.5 Å². The van der Waals surface area contributed by atoms with E-state index in [9.17, 15) is 4.79 Å². The van der Waals surface area contributed by atoms with Gasteiger partial charge < -0.3 is 19.1 Å². The molecule has 0 saturated heterocycles. The summed E-state index contributed by atoms with van der Waals surface area (Å²) in [4.78, 5) is 14.8. The fourth-order valence-electron chi connectivity index (χ4n) is 5.17. The fourth-order valence-corrected chi connectivity index (χ4v) is 5.47. The lowest BCUT2D eigenvalue weighted by molar-refractivity contribution is 0.0401. The van der Waals surface area contributed by atoms with Crippen molar-refractivity contribution in [1.29, 1.82) is 0 Å². The first kappa shape index (κ1) is 21.6. The van der Waals surface area contributed by atoms with Gasteiger partial charge in [-0.3, -0.25) is 0 Å². The van der Waals surface area contributed by atoms with E-state index in [0.29, 0.717) is 15.6 Å². The molecule has 2 aromatic rings. The van der Waals surface area contributed by atoms with Gasteiger partial charge in [0.25, 0.3) is 0 Å². The number of benzene rings is 2. The monoisotopic (exact) mass is 473 g/mol. The van der Waals surface area contributed by atoms with Crippen molar-refractivity contribution in [2.24, 2.45) is 5.92 Å². The molecule has 0 fully saturated rings. The van der Waals surface area contributed by atoms with Crippen molar-refractivity contribution < 1.29 is 19.0 Å². The third-order valence-corrected chi connectivity index (χ3v) is 7.58. The lowest BCUT2D eigenvalue weighted by atomic mass is 9.67. The SMILES string of the molecule is COc1ccc2c3c1OC1CC(COC(=O)c4ccc(Cl)c(Cl)c4)C=CC31CCN(C)C2. The normalized spacial score (nSPS) is 26.0. The highest BCUT2D eigenvalue weighted by Crippen LogP contribution is 2.56. The number of esters is 1. The first-order chi connectivity index (χ1) is 15.4. The lowest BCUT2D eigenvalue weighted by Crippen LogP contribution is -2.42. The zero-order chi connectivity index (χ0) is 22.5. The van der Waals surface area contributed by atoms with Crippen molar-refractivity contribution >= 4 is 29.2 Å². The van der Waals surface area contributed by atoms with Crippen LogP contribution in [0.3, 0.4) is 0 Å². The number of hydrogen-bond donors (Lipinski definition) is 0. The van der Waals surface area contributed by atoms with Crippen molar-refractivity contribution in [2.75, 3.05) is 27.3 Å². The second-order valence-corrected chi connectivity index (χ2v) is 9.66. The predicted molar refractivity (Wildman–Crippen MR) is 124 cm³/mol. The van der Waals surface area contributed by atoms with Gasteiger partial charge in [-0.15, -0.1) is 0 Å². The number of halogens is 2. The molecule has 5 nitrogen and oxygen atoms in total. The van der Waals surface area contributed by atoms with Crippen LogP contribution < -0.4 is 9.47 Å². The van der Waals surface area contributed by atoms with E-state index in [1.165, 1.54) is 17.2 Å². The van der Waals surface area contributed by atoms with Crippen molar-refractivity contribution in [3.8, 4) is 11.5 Å². The van der Waals surface area contributed by atoms with Crippen LogP contribution in [-0.4, -0.2) is 44.3 Å². The van der Waals surface area contributed by atoms with Crippen molar-refractivity contribution in [3.63, 3.8) is 0 Å². The number of carbonyl (C=O) groups is 1. The quantitative estimate of drug-likeness (QED) is 0.447. The minimum Gasteiger partial charge on any atom is -0.493 e. The maximum Gasteiger partial charge on any atom is 0.338 e. The summed E-state index contributed by atoms with van der Waals surface area (Å²) >= 11 is 12.0. The highest BCUT2D eigenvalue weighted by atomic mass is 35.5. The molecule has 0 saturated carbocycles. The molecule has 0 radical (unpaired) electrons. The smallest absolute Gasteiger partial charge is 0.338 e. The first-order valence-electron chi connectivity index (χ1n) is 10.8. The van der Waals surface area contributed by atoms with E-state index in [-0.39, 0.29) is 24.0 Å². The molecule has 7 heteroatoms. The van der Waals surface area contributed by atoms with Crippen molar-refractivity contribution in [1.82, 2.24) is 4.90 Å². The summed E-state index contributed by atoms with van der Waals surface area (Å²) < 4.78 is 17.7. The summed E-state index contributed by atoms with van der Waals surface area (Å²) in [6.07, 6.45) is 6.20. The Morgan fingerprint density at radius 3 is 2.88 bits per heavy atom. The second-order valence-electron chi connectivity index (χ2n) is 8.85. The van der Waals surface area contributed by atoms with Crippen LogP contribution in [0, 0.1) is 5.92 Å². The molecule has 0 aromatic heterocycles. The molecule has 1 aliphatic carbocycles. The Kier molecular flexibility index (Phi) is 5.60. The van der Waals surface area contributed by atoms with Gasteiger partial charge in [-0.2, -0.15) is 0 Å². The van der Waals surface area contributed by atoms with Gasteiger partial charge >= 0.3 is 5.97 Å². The molecule has 2 aromatic carbocycles. The number of nitrogens with zero attached hydrogens (tertiary/aromatic N) is 1. The van der Waals surface area contributed by atoms with E-state index in [2.05, 4.69) is 30.2 Å². The van der Waals surface area contributed by atoms with Crippen LogP contribution in [0.25, 0.3) is 0 Å². The van der Waals surface area contributed by atoms with E-state index in [1.807, 2.05) is 6.07 Å². The van der Waals surface area contributed by atoms with Crippen LogP contribution in [0.2, 0.25) is 10.0 Å². The molecule has 2 heterocycles. The van der Waals surface area contributed by atoms with E-state index >= 15 is 0 Å². The maximum absolute atomic E-state index is 12.5. The maximum atomic E-state index is 12.5. The third kappa shape index (κ3) is 3.57. The molecule has 0 bridgehead atoms. The summed E-state index contributed by atoms with van der Waals surface area (Å²) in [7, 11) is 3.84. The standard InChI is InChI=1S/C25H25Cl2NO4/c1-28-10-9-25-8-7-15(14-31-24(29)16-3-5-18(26)19(27)12-16)11-21(25)32-23-20(30-2)6-4-17(13-28)22(23)25/h3-8,12,15,21H,9-11,13-14H2,1-2H3. The van der Waals surface area contributed by atoms with Gasteiger partial charge in [0.05, 0.1) is 34.7 Å². The lowest BCUT2D eigenvalue weighted by Gasteiger charge is -2.37. The van der Waals surface area contributed by atoms with Crippen LogP contribution >= 0.6 is 23.2 Å². The third-order valence-electron chi connectivity index (χ3n) is 6.84. The van der Waals surface area contributed by atoms with Gasteiger partial charge in [0.1, 0.15) is 6.10 Å². The minimum absolute atomic E-state index is 0.0160. The Labute approximate surface area is 197 Å². The molecule has 0 amide bonds. The summed E-state index contributed by atoms with van der Waals surface area (Å²) in [5, 5.41) is 0.742. The number of methoxy groups -OCH3 is 1. The molecule has 0 N–H and O–H groups in total. The Hall–Kier alpha value is -2.21. The molecule has 168 valence electrons. The highest BCUT2D eigenvalue weighted by Gasteiger charge is 2.52. The molecule has 3 atom stereocenters. The Balaban J connectivity index is 1.37. The Morgan fingerprint density at radius 1 is 1.25 bits per heavy atom. The minimum atomic E-state index is -0.409. The van der Waals surface area contributed by atoms with Gasteiger partial charge in [0.15, 0.2) is 11.5 Å². The largest absolute Gasteiger partial charge is 0.493 e. The van der Waals surface area contributed by atoms with Gasteiger partial charge in [0.2, 0.25) is 0 Å². The highest BCUT2D eigenvalue weighted by molar-refractivity contribution is 6.42. The Morgan fingerprint density at radius 2 is 2.09 bits per heavy atom. The summed E-state index contributed by atoms with van der Waals surface area (Å²) in [5.41, 5.74) is 2.77. The van der Waals surface area contributed by atoms with E-state index in [4.69, 9.17) is 37.4 Å². The fraction of sp³-hybridized carbons (Fsp3) is 0.400. The molecule has 1 spiro atoms. The number of carbonyl (C=O) groups excluding carboxylic acids is 1. The molecular formula is C25H25Cl2NO4. The molecular weight excluding hydrogens is 449 g/mol. The van der Waals surface area contributed by atoms with Crippen LogP contribution in [0.4, 0.5) is 0 Å². The van der Waals surface area contributed by atoms with Gasteiger partial charge in [-0.25, -0.2) is 4.79 Å². The number of rotatable bonds is 4. The average molecular weight is 474 g/mol. The van der Waals surface area contributed by atoms with Crippen LogP contribution in [-0.2, 0) is 16.7 Å². The zero-order valence-electron chi connectivity index (χ0n) is 18.1. The first-order valence-corrected chi connectivity index (χ1v) is 11.5. The molecule has 3 aliphatic rings. The van der Waals surface area contributed by atoms with E-state index < -0.39 is 5.97 Å². The van der Waals surface area contributed by atoms with E-state index in [0.717, 1.165) is 37.4 Å². The van der Waals surface area contributed by atoms with E-state index in [1.54, 1.807) is 19.2 Å². The van der Waals surface area contributed by atoms with Gasteiger partial charge in [-0.05, 0) is 56.3 Å². The summed E-state index contributed by atoms with van der Waals surface area (Å²) in [6, 6.07) is 8.91. The second kappa shape index (κ2) is 8.29. The number of ether oxygens (including phenoxy) is 3. The van der Waals surface area contributed by atoms with Gasteiger partial charge in [-0.1, -0.05) is 41.4 Å². The molecule has 2 aliphatic heterocycles. The van der Waals surface area contributed by atoms with Crippen LogP contribution in [0.5, 0.6) is 11.5 Å². The predicted octanol–water partition coefficient (Wildman–Crippen LogP) is 5.27. The Bertz CT molecular complexity index is 1100. The average Bonchev–Trinajstić information content (AvgIpc) is 3.05. The van der Waals surface area contributed by atoms with Crippen molar-refractivity contribution in [3.05, 3.63) is 69.2 Å². The summed E-state index contributed by atoms with van der Waals surface area (Å²) in [5.74, 6) is 1.30. The molecule has 5 rings (SSSR count). The zero-order valence-corrected chi connectivity index (χ0v) is 19.6. The topological polar surface area (TPSA) is 48.0 Å². The summed E-state index contributed by atoms with van der Waals surface area (Å²) in [6.45, 7) is 2.16. The number of hydrogen-bond acceptors (Lipinski definition) is 5. The molecule has 32 heavy (non-hydrogen) atoms.